The van der Waals surface area contributed by atoms with Gasteiger partial charge >= 0.3 is 0 Å². The van der Waals surface area contributed by atoms with Crippen LogP contribution in [0.2, 0.25) is 0 Å². The molecule has 1 aliphatic carbocycles. The lowest BCUT2D eigenvalue weighted by atomic mass is 9.92. The van der Waals surface area contributed by atoms with Crippen molar-refractivity contribution in [3.05, 3.63) is 42.0 Å². The molecule has 0 aromatic heterocycles. The number of ether oxygens (including phenoxy) is 1. The van der Waals surface area contributed by atoms with Crippen molar-refractivity contribution in [3.8, 4) is 0 Å². The minimum Gasteiger partial charge on any atom is -0.369 e. The molecule has 1 heteroatoms. The Labute approximate surface area is 104 Å². The average molecular weight is 230 g/mol. The molecule has 92 valence electrons. The Morgan fingerprint density at radius 1 is 1.12 bits per heavy atom. The zero-order valence-corrected chi connectivity index (χ0v) is 11.1. The number of hydrogen-bond acceptors (Lipinski definition) is 1. The summed E-state index contributed by atoms with van der Waals surface area (Å²) in [6.45, 7) is 6.37. The fraction of sp³-hybridized carbons (Fsp3) is 0.500. The Hall–Kier alpha value is -1.08. The van der Waals surface area contributed by atoms with Crippen molar-refractivity contribution in [2.24, 2.45) is 0 Å². The van der Waals surface area contributed by atoms with Gasteiger partial charge in [0.2, 0.25) is 0 Å². The highest BCUT2D eigenvalue weighted by atomic mass is 16.5. The highest BCUT2D eigenvalue weighted by Crippen LogP contribution is 2.29. The van der Waals surface area contributed by atoms with Crippen LogP contribution in [-0.2, 0) is 4.74 Å². The Morgan fingerprint density at radius 3 is 2.47 bits per heavy atom. The summed E-state index contributed by atoms with van der Waals surface area (Å²) >= 11 is 0. The highest BCUT2D eigenvalue weighted by molar-refractivity contribution is 5.66. The van der Waals surface area contributed by atoms with Crippen molar-refractivity contribution in [2.45, 2.75) is 51.7 Å². The summed E-state index contributed by atoms with van der Waals surface area (Å²) in [5.74, 6) is 0. The van der Waals surface area contributed by atoms with Gasteiger partial charge < -0.3 is 4.74 Å². The largest absolute Gasteiger partial charge is 0.369 e. The zero-order chi connectivity index (χ0) is 12.3. The molecule has 1 unspecified atom stereocenters. The Kier molecular flexibility index (Phi) is 3.68. The predicted molar refractivity (Wildman–Crippen MR) is 72.9 cm³/mol. The molecular formula is C16H22O. The van der Waals surface area contributed by atoms with Crippen LogP contribution in [0.15, 0.2) is 36.4 Å². The molecule has 17 heavy (non-hydrogen) atoms. The van der Waals surface area contributed by atoms with E-state index in [-0.39, 0.29) is 11.7 Å². The van der Waals surface area contributed by atoms with Crippen LogP contribution < -0.4 is 0 Å². The summed E-state index contributed by atoms with van der Waals surface area (Å²) < 4.78 is 6.05. The number of benzene rings is 1. The Balaban J connectivity index is 2.13. The third kappa shape index (κ3) is 3.71. The molecule has 1 nitrogen and oxygen atoms in total. The fourth-order valence-corrected chi connectivity index (χ4v) is 2.32. The second-order valence-corrected chi connectivity index (χ2v) is 5.72. The molecule has 1 atom stereocenters. The second-order valence-electron chi connectivity index (χ2n) is 5.72. The third-order valence-corrected chi connectivity index (χ3v) is 2.97. The lowest BCUT2D eigenvalue weighted by Gasteiger charge is -2.29. The van der Waals surface area contributed by atoms with E-state index in [0.29, 0.717) is 0 Å². The molecule has 0 saturated heterocycles. The van der Waals surface area contributed by atoms with E-state index in [0.717, 1.165) is 6.42 Å². The van der Waals surface area contributed by atoms with Crippen molar-refractivity contribution in [2.75, 3.05) is 0 Å². The molecule has 1 aromatic carbocycles. The molecule has 0 saturated carbocycles. The zero-order valence-electron chi connectivity index (χ0n) is 11.1. The maximum atomic E-state index is 6.05. The van der Waals surface area contributed by atoms with Gasteiger partial charge in [-0.25, -0.2) is 0 Å². The summed E-state index contributed by atoms with van der Waals surface area (Å²) in [5, 5.41) is 0. The molecule has 0 spiro atoms. The lowest BCUT2D eigenvalue weighted by Crippen LogP contribution is -2.27. The fourth-order valence-electron chi connectivity index (χ4n) is 2.32. The van der Waals surface area contributed by atoms with Gasteiger partial charge in [-0.1, -0.05) is 36.4 Å². The molecule has 0 N–H and O–H groups in total. The molecule has 1 aliphatic rings. The number of hydrogen-bond donors (Lipinski definition) is 0. The summed E-state index contributed by atoms with van der Waals surface area (Å²) in [7, 11) is 0. The topological polar surface area (TPSA) is 9.23 Å². The van der Waals surface area contributed by atoms with E-state index >= 15 is 0 Å². The van der Waals surface area contributed by atoms with E-state index in [1.165, 1.54) is 24.0 Å². The van der Waals surface area contributed by atoms with Crippen LogP contribution in [0.4, 0.5) is 0 Å². The molecule has 2 rings (SSSR count). The minimum absolute atomic E-state index is 0.0553. The van der Waals surface area contributed by atoms with Crippen LogP contribution in [0.3, 0.4) is 0 Å². The van der Waals surface area contributed by atoms with Gasteiger partial charge in [-0.3, -0.25) is 0 Å². The van der Waals surface area contributed by atoms with Crippen molar-refractivity contribution < 1.29 is 4.74 Å². The van der Waals surface area contributed by atoms with E-state index in [2.05, 4.69) is 57.2 Å². The lowest BCUT2D eigenvalue weighted by molar-refractivity contribution is -0.0425. The molecule has 0 amide bonds. The van der Waals surface area contributed by atoms with Crippen molar-refractivity contribution in [3.63, 3.8) is 0 Å². The van der Waals surface area contributed by atoms with Gasteiger partial charge in [0.05, 0.1) is 11.7 Å². The van der Waals surface area contributed by atoms with Crippen LogP contribution in [0.1, 0.15) is 45.6 Å². The van der Waals surface area contributed by atoms with Crippen LogP contribution in [0.25, 0.3) is 5.57 Å². The van der Waals surface area contributed by atoms with Gasteiger partial charge in [0.15, 0.2) is 0 Å². The van der Waals surface area contributed by atoms with Gasteiger partial charge in [-0.05, 0) is 51.2 Å². The quantitative estimate of drug-likeness (QED) is 0.730. The normalized spacial score (nSPS) is 21.1. The van der Waals surface area contributed by atoms with E-state index in [4.69, 9.17) is 4.74 Å². The van der Waals surface area contributed by atoms with Crippen molar-refractivity contribution >= 4 is 5.57 Å². The van der Waals surface area contributed by atoms with Crippen LogP contribution >= 0.6 is 0 Å². The van der Waals surface area contributed by atoms with Crippen LogP contribution in [0.5, 0.6) is 0 Å². The number of rotatable bonds is 2. The van der Waals surface area contributed by atoms with Gasteiger partial charge in [0.1, 0.15) is 0 Å². The SMILES string of the molecule is CC(C)(C)OC1C=C(c2ccccc2)CCC1. The second kappa shape index (κ2) is 5.05. The van der Waals surface area contributed by atoms with Crippen molar-refractivity contribution in [1.82, 2.24) is 0 Å². The summed E-state index contributed by atoms with van der Waals surface area (Å²) in [4.78, 5) is 0. The average Bonchev–Trinajstić information content (AvgIpc) is 2.28. The molecule has 0 radical (unpaired) electrons. The first-order valence-electron chi connectivity index (χ1n) is 6.48. The first-order chi connectivity index (χ1) is 8.04. The summed E-state index contributed by atoms with van der Waals surface area (Å²) in [6.07, 6.45) is 6.13. The first-order valence-corrected chi connectivity index (χ1v) is 6.48. The maximum Gasteiger partial charge on any atom is 0.0768 e. The Morgan fingerprint density at radius 2 is 1.82 bits per heavy atom. The molecule has 0 fully saturated rings. The minimum atomic E-state index is -0.0553. The maximum absolute atomic E-state index is 6.05. The van der Waals surface area contributed by atoms with E-state index in [9.17, 15) is 0 Å². The predicted octanol–water partition coefficient (Wildman–Crippen LogP) is 4.44. The monoisotopic (exact) mass is 230 g/mol. The van der Waals surface area contributed by atoms with Gasteiger partial charge in [0, 0.05) is 0 Å². The van der Waals surface area contributed by atoms with E-state index < -0.39 is 0 Å². The molecule has 0 bridgehead atoms. The van der Waals surface area contributed by atoms with E-state index in [1.54, 1.807) is 0 Å². The third-order valence-electron chi connectivity index (χ3n) is 2.97. The number of allylic oxidation sites excluding steroid dienone is 1. The standard InChI is InChI=1S/C16H22O/c1-16(2,3)17-15-11-7-10-14(12-15)13-8-5-4-6-9-13/h4-6,8-9,12,15H,7,10-11H2,1-3H3. The van der Waals surface area contributed by atoms with E-state index in [1.807, 2.05) is 0 Å². The molecular weight excluding hydrogens is 208 g/mol. The smallest absolute Gasteiger partial charge is 0.0768 e. The van der Waals surface area contributed by atoms with Gasteiger partial charge in [-0.15, -0.1) is 0 Å². The summed E-state index contributed by atoms with van der Waals surface area (Å²) in [6, 6.07) is 10.6. The highest BCUT2D eigenvalue weighted by Gasteiger charge is 2.20. The van der Waals surface area contributed by atoms with Crippen LogP contribution in [0, 0.1) is 0 Å². The molecule has 0 heterocycles. The summed E-state index contributed by atoms with van der Waals surface area (Å²) in [5.41, 5.74) is 2.72. The van der Waals surface area contributed by atoms with Gasteiger partial charge in [0.25, 0.3) is 0 Å². The van der Waals surface area contributed by atoms with Gasteiger partial charge in [-0.2, -0.15) is 0 Å². The van der Waals surface area contributed by atoms with Crippen LogP contribution in [-0.4, -0.2) is 11.7 Å². The first kappa shape index (κ1) is 12.4. The Bertz CT molecular complexity index is 384. The molecule has 1 aromatic rings. The van der Waals surface area contributed by atoms with Crippen molar-refractivity contribution in [1.29, 1.82) is 0 Å². The molecule has 0 aliphatic heterocycles.